The summed E-state index contributed by atoms with van der Waals surface area (Å²) < 4.78 is 0. The molecular formula is C14H20ClN3O. The Morgan fingerprint density at radius 2 is 2.26 bits per heavy atom. The highest BCUT2D eigenvalue weighted by Crippen LogP contribution is 2.43. The second-order valence-corrected chi connectivity index (χ2v) is 6.21. The van der Waals surface area contributed by atoms with Crippen LogP contribution in [0.2, 0.25) is 5.02 Å². The Morgan fingerprint density at radius 3 is 2.89 bits per heavy atom. The van der Waals surface area contributed by atoms with Crippen LogP contribution in [0.15, 0.2) is 18.2 Å². The van der Waals surface area contributed by atoms with Gasteiger partial charge in [0, 0.05) is 16.2 Å². The lowest BCUT2D eigenvalue weighted by atomic mass is 9.80. The summed E-state index contributed by atoms with van der Waals surface area (Å²) in [4.78, 5) is 13.7. The van der Waals surface area contributed by atoms with E-state index in [4.69, 9.17) is 17.4 Å². The Morgan fingerprint density at radius 1 is 1.58 bits per heavy atom. The zero-order valence-electron chi connectivity index (χ0n) is 11.5. The van der Waals surface area contributed by atoms with Gasteiger partial charge in [-0.3, -0.25) is 10.2 Å². The number of nitrogens with one attached hydrogen (secondary N) is 1. The van der Waals surface area contributed by atoms with Crippen molar-refractivity contribution in [2.24, 2.45) is 5.84 Å². The lowest BCUT2D eigenvalue weighted by molar-refractivity contribution is -0.120. The van der Waals surface area contributed by atoms with E-state index in [0.717, 1.165) is 12.1 Å². The molecule has 0 unspecified atom stereocenters. The molecular weight excluding hydrogens is 262 g/mol. The van der Waals surface area contributed by atoms with Crippen molar-refractivity contribution in [1.82, 2.24) is 5.43 Å². The van der Waals surface area contributed by atoms with Crippen molar-refractivity contribution in [3.05, 3.63) is 28.8 Å². The fourth-order valence-electron chi connectivity index (χ4n) is 2.95. The minimum absolute atomic E-state index is 0.108. The fraction of sp³-hybridized carbons (Fsp3) is 0.500. The topological polar surface area (TPSA) is 58.4 Å². The molecule has 1 heterocycles. The highest BCUT2D eigenvalue weighted by Gasteiger charge is 2.37. The molecule has 1 amide bonds. The number of halogens is 1. The first-order valence-electron chi connectivity index (χ1n) is 6.41. The summed E-state index contributed by atoms with van der Waals surface area (Å²) in [6.07, 6.45) is 0.986. The Hall–Kier alpha value is -1.26. The van der Waals surface area contributed by atoms with Crippen LogP contribution in [0, 0.1) is 0 Å². The standard InChI is InChI=1S/C14H20ClN3O/c1-9-7-14(2,3)18(8-13(19)17-16)12-6-10(15)4-5-11(9)12/h4-6,9H,7-8,16H2,1-3H3,(H,17,19)/t9-/m0/s1. The summed E-state index contributed by atoms with van der Waals surface area (Å²) in [7, 11) is 0. The van der Waals surface area contributed by atoms with Gasteiger partial charge >= 0.3 is 0 Å². The van der Waals surface area contributed by atoms with Crippen molar-refractivity contribution in [2.45, 2.75) is 38.6 Å². The maximum absolute atomic E-state index is 11.6. The molecule has 0 saturated heterocycles. The number of fused-ring (bicyclic) bond motifs is 1. The van der Waals surface area contributed by atoms with Gasteiger partial charge in [-0.2, -0.15) is 0 Å². The van der Waals surface area contributed by atoms with Gasteiger partial charge in [0.25, 0.3) is 5.91 Å². The van der Waals surface area contributed by atoms with Crippen molar-refractivity contribution < 1.29 is 4.79 Å². The number of hydrazine groups is 1. The van der Waals surface area contributed by atoms with Crippen LogP contribution in [0.1, 0.15) is 38.7 Å². The summed E-state index contributed by atoms with van der Waals surface area (Å²) >= 11 is 6.10. The van der Waals surface area contributed by atoms with Gasteiger partial charge < -0.3 is 4.90 Å². The maximum Gasteiger partial charge on any atom is 0.253 e. The summed E-state index contributed by atoms with van der Waals surface area (Å²) in [6, 6.07) is 5.87. The lowest BCUT2D eigenvalue weighted by Crippen LogP contribution is -2.53. The van der Waals surface area contributed by atoms with Crippen LogP contribution < -0.4 is 16.2 Å². The minimum Gasteiger partial charge on any atom is -0.357 e. The van der Waals surface area contributed by atoms with E-state index in [2.05, 4.69) is 31.1 Å². The minimum atomic E-state index is -0.200. The quantitative estimate of drug-likeness (QED) is 0.497. The highest BCUT2D eigenvalue weighted by atomic mass is 35.5. The van der Waals surface area contributed by atoms with Crippen LogP contribution in [0.4, 0.5) is 5.69 Å². The number of anilines is 1. The zero-order valence-corrected chi connectivity index (χ0v) is 12.3. The third-order valence-electron chi connectivity index (χ3n) is 3.81. The molecule has 0 spiro atoms. The average Bonchev–Trinajstić information content (AvgIpc) is 2.33. The van der Waals surface area contributed by atoms with Gasteiger partial charge in [0.1, 0.15) is 0 Å². The predicted octanol–water partition coefficient (Wildman–Crippen LogP) is 2.42. The number of carbonyl (C=O) groups is 1. The number of carbonyl (C=O) groups excluding carboxylic acids is 1. The van der Waals surface area contributed by atoms with E-state index in [-0.39, 0.29) is 18.0 Å². The van der Waals surface area contributed by atoms with Gasteiger partial charge in [0.05, 0.1) is 6.54 Å². The molecule has 0 aliphatic carbocycles. The molecule has 104 valence electrons. The number of benzene rings is 1. The van der Waals surface area contributed by atoms with Gasteiger partial charge in [0.2, 0.25) is 0 Å². The monoisotopic (exact) mass is 281 g/mol. The molecule has 1 aromatic carbocycles. The Labute approximate surface area is 118 Å². The van der Waals surface area contributed by atoms with E-state index >= 15 is 0 Å². The number of hydrogen-bond acceptors (Lipinski definition) is 3. The molecule has 19 heavy (non-hydrogen) atoms. The predicted molar refractivity (Wildman–Crippen MR) is 78.2 cm³/mol. The third-order valence-corrected chi connectivity index (χ3v) is 4.05. The summed E-state index contributed by atoms with van der Waals surface area (Å²) in [6.45, 7) is 6.71. The molecule has 4 nitrogen and oxygen atoms in total. The van der Waals surface area contributed by atoms with E-state index in [9.17, 15) is 4.79 Å². The van der Waals surface area contributed by atoms with Gasteiger partial charge in [-0.1, -0.05) is 24.6 Å². The second kappa shape index (κ2) is 5.02. The van der Waals surface area contributed by atoms with Gasteiger partial charge in [-0.25, -0.2) is 5.84 Å². The van der Waals surface area contributed by atoms with E-state index < -0.39 is 0 Å². The molecule has 2 rings (SSSR count). The number of hydrogen-bond donors (Lipinski definition) is 2. The number of nitrogens with zero attached hydrogens (tertiary/aromatic N) is 1. The van der Waals surface area contributed by atoms with E-state index in [1.807, 2.05) is 18.2 Å². The molecule has 0 saturated carbocycles. The summed E-state index contributed by atoms with van der Waals surface area (Å²) in [5.41, 5.74) is 4.34. The molecule has 3 N–H and O–H groups in total. The van der Waals surface area contributed by atoms with Crippen LogP contribution in [0.3, 0.4) is 0 Å². The normalized spacial score (nSPS) is 20.9. The first-order chi connectivity index (χ1) is 8.85. The smallest absolute Gasteiger partial charge is 0.253 e. The first kappa shape index (κ1) is 14.2. The van der Waals surface area contributed by atoms with Crippen molar-refractivity contribution >= 4 is 23.2 Å². The summed E-state index contributed by atoms with van der Waals surface area (Å²) in [5, 5.41) is 0.682. The number of rotatable bonds is 2. The molecule has 1 aromatic rings. The van der Waals surface area contributed by atoms with Crippen LogP contribution >= 0.6 is 11.6 Å². The molecule has 1 atom stereocenters. The highest BCUT2D eigenvalue weighted by molar-refractivity contribution is 6.30. The van der Waals surface area contributed by atoms with Crippen molar-refractivity contribution in [1.29, 1.82) is 0 Å². The summed E-state index contributed by atoms with van der Waals surface area (Å²) in [5.74, 6) is 5.45. The number of nitrogens with two attached hydrogens (primary N) is 1. The average molecular weight is 282 g/mol. The van der Waals surface area contributed by atoms with Crippen molar-refractivity contribution in [2.75, 3.05) is 11.4 Å². The Bertz CT molecular complexity index is 501. The SMILES string of the molecule is C[C@H]1CC(C)(C)N(CC(=O)NN)c2cc(Cl)ccc21. The molecule has 0 aromatic heterocycles. The number of amides is 1. The maximum atomic E-state index is 11.6. The largest absolute Gasteiger partial charge is 0.357 e. The van der Waals surface area contributed by atoms with Crippen LogP contribution in [-0.2, 0) is 4.79 Å². The first-order valence-corrected chi connectivity index (χ1v) is 6.79. The van der Waals surface area contributed by atoms with Gasteiger partial charge in [-0.15, -0.1) is 0 Å². The molecule has 1 aliphatic rings. The molecule has 5 heteroatoms. The van der Waals surface area contributed by atoms with Crippen molar-refractivity contribution in [3.8, 4) is 0 Å². The second-order valence-electron chi connectivity index (χ2n) is 5.77. The van der Waals surface area contributed by atoms with Crippen LogP contribution in [0.25, 0.3) is 0 Å². The van der Waals surface area contributed by atoms with Crippen LogP contribution in [0.5, 0.6) is 0 Å². The van der Waals surface area contributed by atoms with Gasteiger partial charge in [-0.05, 0) is 43.9 Å². The zero-order chi connectivity index (χ0) is 14.2. The van der Waals surface area contributed by atoms with Crippen molar-refractivity contribution in [3.63, 3.8) is 0 Å². The van der Waals surface area contributed by atoms with Crippen LogP contribution in [-0.4, -0.2) is 18.0 Å². The van der Waals surface area contributed by atoms with E-state index in [1.165, 1.54) is 5.56 Å². The van der Waals surface area contributed by atoms with Gasteiger partial charge in [0.15, 0.2) is 0 Å². The van der Waals surface area contributed by atoms with E-state index in [1.54, 1.807) is 0 Å². The molecule has 0 bridgehead atoms. The third kappa shape index (κ3) is 2.69. The molecule has 0 fully saturated rings. The molecule has 0 radical (unpaired) electrons. The lowest BCUT2D eigenvalue weighted by Gasteiger charge is -2.47. The Kier molecular flexibility index (Phi) is 3.74. The molecule has 1 aliphatic heterocycles. The Balaban J connectivity index is 2.47. The fourth-order valence-corrected chi connectivity index (χ4v) is 3.12. The van der Waals surface area contributed by atoms with E-state index in [0.29, 0.717) is 10.9 Å².